The Morgan fingerprint density at radius 3 is 2.47 bits per heavy atom. The van der Waals surface area contributed by atoms with E-state index in [4.69, 9.17) is 16.3 Å². The lowest BCUT2D eigenvalue weighted by Gasteiger charge is -2.22. The molecule has 0 unspecified atom stereocenters. The number of esters is 1. The van der Waals surface area contributed by atoms with E-state index in [1.165, 1.54) is 34.8 Å². The number of hydrazone groups is 1. The Hall–Kier alpha value is -3.47. The maximum absolute atomic E-state index is 13.1. The molecular formula is C27H29ClN4O5S. The zero-order chi connectivity index (χ0) is 27.4. The van der Waals surface area contributed by atoms with Crippen molar-refractivity contribution in [1.82, 2.24) is 14.3 Å². The van der Waals surface area contributed by atoms with E-state index in [9.17, 15) is 18.0 Å². The van der Waals surface area contributed by atoms with Crippen molar-refractivity contribution in [3.63, 3.8) is 0 Å². The van der Waals surface area contributed by atoms with E-state index in [0.717, 1.165) is 22.6 Å². The Balaban J connectivity index is 1.46. The number of aromatic nitrogens is 1. The molecule has 1 fully saturated rings. The van der Waals surface area contributed by atoms with Crippen LogP contribution in [0.15, 0.2) is 64.6 Å². The first-order valence-corrected chi connectivity index (χ1v) is 14.0. The standard InChI is InChI=1S/C27H29ClN4O5S/c1-4-37-27(34)20-7-11-23(12-8-20)32-18(2)16-21(19(32)3)17-29-30-26(33)25-6-5-15-31(25)38(35,36)24-13-9-22(28)10-14-24/h7-14,16-17,25H,4-6,15H2,1-3H3,(H,30,33)/b29-17-/t25-/m0/s1. The van der Waals surface area contributed by atoms with Crippen LogP contribution in [-0.2, 0) is 19.6 Å². The lowest BCUT2D eigenvalue weighted by atomic mass is 10.2. The van der Waals surface area contributed by atoms with Crippen molar-refractivity contribution >= 4 is 39.7 Å². The number of aryl methyl sites for hydroxylation is 1. The molecule has 1 atom stereocenters. The molecule has 1 N–H and O–H groups in total. The zero-order valence-corrected chi connectivity index (χ0v) is 22.9. The molecule has 1 aliphatic heterocycles. The molecule has 200 valence electrons. The van der Waals surface area contributed by atoms with Gasteiger partial charge in [-0.15, -0.1) is 0 Å². The van der Waals surface area contributed by atoms with Gasteiger partial charge in [0.05, 0.1) is 23.3 Å². The lowest BCUT2D eigenvalue weighted by Crippen LogP contribution is -2.44. The minimum atomic E-state index is -3.85. The summed E-state index contributed by atoms with van der Waals surface area (Å²) in [5.41, 5.74) is 6.46. The Bertz CT molecular complexity index is 1460. The van der Waals surface area contributed by atoms with Crippen LogP contribution in [0.2, 0.25) is 5.02 Å². The number of hydrogen-bond donors (Lipinski definition) is 1. The molecule has 9 nitrogen and oxygen atoms in total. The summed E-state index contributed by atoms with van der Waals surface area (Å²) in [4.78, 5) is 24.9. The third-order valence-corrected chi connectivity index (χ3v) is 8.59. The summed E-state index contributed by atoms with van der Waals surface area (Å²) in [6.45, 7) is 6.19. The molecule has 0 saturated carbocycles. The molecule has 0 aliphatic carbocycles. The molecule has 2 aromatic carbocycles. The van der Waals surface area contributed by atoms with Crippen LogP contribution in [0.5, 0.6) is 0 Å². The number of benzene rings is 2. The highest BCUT2D eigenvalue weighted by atomic mass is 35.5. The summed E-state index contributed by atoms with van der Waals surface area (Å²) in [6.07, 6.45) is 2.52. The van der Waals surface area contributed by atoms with Gasteiger partial charge in [0.1, 0.15) is 6.04 Å². The van der Waals surface area contributed by atoms with Gasteiger partial charge in [0, 0.05) is 34.2 Å². The number of halogens is 1. The average Bonchev–Trinajstić information content (AvgIpc) is 3.50. The van der Waals surface area contributed by atoms with Crippen molar-refractivity contribution in [2.75, 3.05) is 13.2 Å². The molecule has 0 bridgehead atoms. The molecule has 0 radical (unpaired) electrons. The largest absolute Gasteiger partial charge is 0.462 e. The van der Waals surface area contributed by atoms with E-state index in [-0.39, 0.29) is 17.4 Å². The van der Waals surface area contributed by atoms with E-state index < -0.39 is 22.0 Å². The molecule has 38 heavy (non-hydrogen) atoms. The van der Waals surface area contributed by atoms with Gasteiger partial charge in [-0.25, -0.2) is 18.6 Å². The minimum absolute atomic E-state index is 0.0906. The second kappa shape index (κ2) is 11.5. The van der Waals surface area contributed by atoms with Crippen LogP contribution in [0.4, 0.5) is 0 Å². The van der Waals surface area contributed by atoms with Crippen LogP contribution in [-0.4, -0.2) is 54.6 Å². The SMILES string of the molecule is CCOC(=O)c1ccc(-n2c(C)cc(/C=N\NC(=O)[C@@H]3CCCN3S(=O)(=O)c3ccc(Cl)cc3)c2C)cc1. The van der Waals surface area contributed by atoms with Gasteiger partial charge in [0.2, 0.25) is 10.0 Å². The van der Waals surface area contributed by atoms with E-state index in [0.29, 0.717) is 30.0 Å². The van der Waals surface area contributed by atoms with Gasteiger partial charge in [-0.05, 0) is 88.2 Å². The van der Waals surface area contributed by atoms with Crippen molar-refractivity contribution < 1.29 is 22.7 Å². The first-order valence-electron chi connectivity index (χ1n) is 12.2. The molecule has 2 heterocycles. The van der Waals surface area contributed by atoms with E-state index in [1.54, 1.807) is 19.1 Å². The molecular weight excluding hydrogens is 528 g/mol. The second-order valence-electron chi connectivity index (χ2n) is 8.89. The van der Waals surface area contributed by atoms with Gasteiger partial charge in [-0.2, -0.15) is 9.41 Å². The van der Waals surface area contributed by atoms with Gasteiger partial charge in [-0.1, -0.05) is 11.6 Å². The number of carbonyl (C=O) groups excluding carboxylic acids is 2. The number of rotatable bonds is 8. The molecule has 3 aromatic rings. The van der Waals surface area contributed by atoms with Crippen molar-refractivity contribution in [3.8, 4) is 5.69 Å². The van der Waals surface area contributed by atoms with Crippen LogP contribution in [0.3, 0.4) is 0 Å². The minimum Gasteiger partial charge on any atom is -0.462 e. The average molecular weight is 557 g/mol. The Morgan fingerprint density at radius 2 is 1.82 bits per heavy atom. The summed E-state index contributed by atoms with van der Waals surface area (Å²) < 4.78 is 34.5. The zero-order valence-electron chi connectivity index (χ0n) is 21.3. The molecule has 4 rings (SSSR count). The predicted octanol–water partition coefficient (Wildman–Crippen LogP) is 4.23. The molecule has 1 aromatic heterocycles. The van der Waals surface area contributed by atoms with Crippen LogP contribution in [0.1, 0.15) is 47.1 Å². The maximum atomic E-state index is 13.1. The highest BCUT2D eigenvalue weighted by Gasteiger charge is 2.39. The van der Waals surface area contributed by atoms with E-state index >= 15 is 0 Å². The Labute approximate surface area is 227 Å². The third kappa shape index (κ3) is 5.67. The number of carbonyl (C=O) groups is 2. The second-order valence-corrected chi connectivity index (χ2v) is 11.2. The van der Waals surface area contributed by atoms with Crippen molar-refractivity contribution in [2.24, 2.45) is 5.10 Å². The van der Waals surface area contributed by atoms with Gasteiger partial charge in [0.15, 0.2) is 0 Å². The summed E-state index contributed by atoms with van der Waals surface area (Å²) in [6, 6.07) is 14.1. The number of ether oxygens (including phenoxy) is 1. The van der Waals surface area contributed by atoms with Crippen molar-refractivity contribution in [1.29, 1.82) is 0 Å². The van der Waals surface area contributed by atoms with Crippen LogP contribution in [0.25, 0.3) is 5.69 Å². The molecule has 1 saturated heterocycles. The normalized spacial score (nSPS) is 16.2. The number of hydrogen-bond acceptors (Lipinski definition) is 6. The van der Waals surface area contributed by atoms with Crippen LogP contribution in [0, 0.1) is 13.8 Å². The smallest absolute Gasteiger partial charge is 0.338 e. The maximum Gasteiger partial charge on any atom is 0.338 e. The first kappa shape index (κ1) is 27.6. The number of sulfonamides is 1. The lowest BCUT2D eigenvalue weighted by molar-refractivity contribution is -0.124. The highest BCUT2D eigenvalue weighted by Crippen LogP contribution is 2.27. The fourth-order valence-electron chi connectivity index (χ4n) is 4.55. The fourth-order valence-corrected chi connectivity index (χ4v) is 6.33. The summed E-state index contributed by atoms with van der Waals surface area (Å²) in [5.74, 6) is -0.856. The fraction of sp³-hybridized carbons (Fsp3) is 0.296. The Kier molecular flexibility index (Phi) is 8.35. The quantitative estimate of drug-likeness (QED) is 0.254. The van der Waals surface area contributed by atoms with Crippen LogP contribution >= 0.6 is 11.6 Å². The van der Waals surface area contributed by atoms with E-state index in [2.05, 4.69) is 10.5 Å². The summed E-state index contributed by atoms with van der Waals surface area (Å²) in [7, 11) is -3.85. The summed E-state index contributed by atoms with van der Waals surface area (Å²) >= 11 is 5.89. The first-order chi connectivity index (χ1) is 18.1. The third-order valence-electron chi connectivity index (χ3n) is 6.41. The Morgan fingerprint density at radius 1 is 1.13 bits per heavy atom. The molecule has 11 heteroatoms. The molecule has 0 spiro atoms. The van der Waals surface area contributed by atoms with Gasteiger partial charge < -0.3 is 9.30 Å². The monoisotopic (exact) mass is 556 g/mol. The number of amides is 1. The predicted molar refractivity (Wildman–Crippen MR) is 145 cm³/mol. The number of nitrogens with zero attached hydrogens (tertiary/aromatic N) is 3. The van der Waals surface area contributed by atoms with Gasteiger partial charge in [0.25, 0.3) is 5.91 Å². The molecule has 1 aliphatic rings. The number of nitrogens with one attached hydrogen (secondary N) is 1. The molecule has 1 amide bonds. The van der Waals surface area contributed by atoms with Crippen molar-refractivity contribution in [3.05, 3.63) is 82.1 Å². The van der Waals surface area contributed by atoms with E-state index in [1.807, 2.05) is 36.6 Å². The topological polar surface area (TPSA) is 110 Å². The van der Waals surface area contributed by atoms with Gasteiger partial charge in [-0.3, -0.25) is 4.79 Å². The van der Waals surface area contributed by atoms with Gasteiger partial charge >= 0.3 is 5.97 Å². The highest BCUT2D eigenvalue weighted by molar-refractivity contribution is 7.89. The summed E-state index contributed by atoms with van der Waals surface area (Å²) in [5, 5.41) is 4.55. The van der Waals surface area contributed by atoms with Crippen LogP contribution < -0.4 is 5.43 Å². The van der Waals surface area contributed by atoms with Crippen molar-refractivity contribution in [2.45, 2.75) is 44.6 Å².